The van der Waals surface area contributed by atoms with Crippen LogP contribution in [0.3, 0.4) is 0 Å². The Morgan fingerprint density at radius 2 is 2.00 bits per heavy atom. The molecule has 1 heterocycles. The maximum atomic E-state index is 6.10. The monoisotopic (exact) mass is 246 g/mol. The molecule has 0 spiro atoms. The van der Waals surface area contributed by atoms with Gasteiger partial charge in [0.15, 0.2) is 0 Å². The van der Waals surface area contributed by atoms with E-state index >= 15 is 0 Å². The van der Waals surface area contributed by atoms with E-state index in [1.165, 1.54) is 0 Å². The van der Waals surface area contributed by atoms with E-state index < -0.39 is 0 Å². The lowest BCUT2D eigenvalue weighted by atomic mass is 10.1. The normalized spacial score (nSPS) is 21.6. The van der Waals surface area contributed by atoms with Crippen LogP contribution in [0.2, 0.25) is 10.0 Å². The molecule has 82 valence electrons. The van der Waals surface area contributed by atoms with Crippen molar-refractivity contribution in [2.45, 2.75) is 6.10 Å². The minimum Gasteiger partial charge on any atom is -0.399 e. The zero-order valence-corrected chi connectivity index (χ0v) is 9.61. The van der Waals surface area contributed by atoms with Gasteiger partial charge in [0.25, 0.3) is 0 Å². The molecule has 0 bridgehead atoms. The minimum atomic E-state index is -0.0839. The predicted molar refractivity (Wildman–Crippen MR) is 62.4 cm³/mol. The van der Waals surface area contributed by atoms with Crippen LogP contribution in [-0.4, -0.2) is 19.7 Å². The number of morpholine rings is 1. The third-order valence-corrected chi connectivity index (χ3v) is 2.98. The quantitative estimate of drug-likeness (QED) is 0.748. The number of anilines is 1. The van der Waals surface area contributed by atoms with Gasteiger partial charge in [-0.05, 0) is 12.1 Å². The molecule has 1 aromatic carbocycles. The highest BCUT2D eigenvalue weighted by molar-refractivity contribution is 6.36. The average Bonchev–Trinajstić information content (AvgIpc) is 2.17. The molecule has 0 radical (unpaired) electrons. The summed E-state index contributed by atoms with van der Waals surface area (Å²) in [7, 11) is 0. The largest absolute Gasteiger partial charge is 0.399 e. The zero-order valence-electron chi connectivity index (χ0n) is 8.09. The number of hydrogen-bond donors (Lipinski definition) is 2. The fourth-order valence-corrected chi connectivity index (χ4v) is 2.41. The van der Waals surface area contributed by atoms with Gasteiger partial charge in [0.05, 0.1) is 12.7 Å². The summed E-state index contributed by atoms with van der Waals surface area (Å²) < 4.78 is 5.59. The van der Waals surface area contributed by atoms with Crippen molar-refractivity contribution in [3.05, 3.63) is 27.7 Å². The summed E-state index contributed by atoms with van der Waals surface area (Å²) in [4.78, 5) is 0. The van der Waals surface area contributed by atoms with Crippen molar-refractivity contribution in [1.29, 1.82) is 0 Å². The molecule has 1 unspecified atom stereocenters. The lowest BCUT2D eigenvalue weighted by molar-refractivity contribution is 0.0278. The van der Waals surface area contributed by atoms with Crippen LogP contribution in [0, 0.1) is 0 Å². The van der Waals surface area contributed by atoms with Crippen LogP contribution in [0.4, 0.5) is 5.69 Å². The third kappa shape index (κ3) is 2.37. The SMILES string of the molecule is Nc1cc(Cl)c(C2CNCCO2)c(Cl)c1. The molecule has 2 rings (SSSR count). The molecular formula is C10H12Cl2N2O. The summed E-state index contributed by atoms with van der Waals surface area (Å²) in [6, 6.07) is 3.39. The minimum absolute atomic E-state index is 0.0839. The van der Waals surface area contributed by atoms with Gasteiger partial charge < -0.3 is 15.8 Å². The van der Waals surface area contributed by atoms with E-state index in [1.54, 1.807) is 12.1 Å². The maximum Gasteiger partial charge on any atom is 0.0978 e. The van der Waals surface area contributed by atoms with Gasteiger partial charge >= 0.3 is 0 Å². The van der Waals surface area contributed by atoms with Crippen molar-refractivity contribution < 1.29 is 4.74 Å². The first-order valence-corrected chi connectivity index (χ1v) is 5.51. The number of nitrogen functional groups attached to an aromatic ring is 1. The number of halogens is 2. The van der Waals surface area contributed by atoms with Crippen molar-refractivity contribution in [2.75, 3.05) is 25.4 Å². The Bertz CT molecular complexity index is 341. The first-order valence-electron chi connectivity index (χ1n) is 4.75. The Morgan fingerprint density at radius 1 is 1.33 bits per heavy atom. The predicted octanol–water partition coefficient (Wildman–Crippen LogP) is 2.24. The van der Waals surface area contributed by atoms with Crippen molar-refractivity contribution in [3.63, 3.8) is 0 Å². The van der Waals surface area contributed by atoms with E-state index in [0.29, 0.717) is 22.3 Å². The molecule has 1 fully saturated rings. The average molecular weight is 247 g/mol. The van der Waals surface area contributed by atoms with E-state index in [1.807, 2.05) is 0 Å². The summed E-state index contributed by atoms with van der Waals surface area (Å²) in [6.45, 7) is 2.26. The Hall–Kier alpha value is -0.480. The van der Waals surface area contributed by atoms with Gasteiger partial charge in [-0.1, -0.05) is 23.2 Å². The van der Waals surface area contributed by atoms with Crippen LogP contribution < -0.4 is 11.1 Å². The van der Waals surface area contributed by atoms with Crippen LogP contribution in [0.5, 0.6) is 0 Å². The number of ether oxygens (including phenoxy) is 1. The van der Waals surface area contributed by atoms with Crippen molar-refractivity contribution in [3.8, 4) is 0 Å². The molecule has 0 amide bonds. The molecule has 1 atom stereocenters. The standard InChI is InChI=1S/C10H12Cl2N2O/c11-7-3-6(13)4-8(12)10(7)9-5-14-1-2-15-9/h3-4,9,14H,1-2,5,13H2. The van der Waals surface area contributed by atoms with Crippen LogP contribution in [0.25, 0.3) is 0 Å². The third-order valence-electron chi connectivity index (χ3n) is 2.35. The van der Waals surface area contributed by atoms with Gasteiger partial charge in [-0.15, -0.1) is 0 Å². The molecule has 1 aliphatic heterocycles. The molecule has 3 nitrogen and oxygen atoms in total. The van der Waals surface area contributed by atoms with Gasteiger partial charge in [0.2, 0.25) is 0 Å². The van der Waals surface area contributed by atoms with Crippen LogP contribution >= 0.6 is 23.2 Å². The van der Waals surface area contributed by atoms with Gasteiger partial charge in [-0.3, -0.25) is 0 Å². The number of nitrogens with two attached hydrogens (primary N) is 1. The fourth-order valence-electron chi connectivity index (χ4n) is 1.66. The maximum absolute atomic E-state index is 6.10. The smallest absolute Gasteiger partial charge is 0.0978 e. The van der Waals surface area contributed by atoms with Crippen molar-refractivity contribution in [2.24, 2.45) is 0 Å². The highest BCUT2D eigenvalue weighted by atomic mass is 35.5. The Kier molecular flexibility index (Phi) is 3.36. The molecule has 5 heteroatoms. The van der Waals surface area contributed by atoms with E-state index in [0.717, 1.165) is 18.7 Å². The summed E-state index contributed by atoms with van der Waals surface area (Å²) in [5.41, 5.74) is 7.02. The van der Waals surface area contributed by atoms with Gasteiger partial charge in [-0.2, -0.15) is 0 Å². The van der Waals surface area contributed by atoms with Gasteiger partial charge in [-0.25, -0.2) is 0 Å². The number of benzene rings is 1. The Labute approximate surface area is 98.5 Å². The van der Waals surface area contributed by atoms with E-state index in [4.69, 9.17) is 33.7 Å². The number of rotatable bonds is 1. The highest BCUT2D eigenvalue weighted by Crippen LogP contribution is 2.34. The molecule has 1 aliphatic rings. The van der Waals surface area contributed by atoms with Gasteiger partial charge in [0, 0.05) is 34.4 Å². The molecule has 1 saturated heterocycles. The van der Waals surface area contributed by atoms with Crippen LogP contribution in [0.15, 0.2) is 12.1 Å². The number of hydrogen-bond acceptors (Lipinski definition) is 3. The summed E-state index contributed by atoms with van der Waals surface area (Å²) >= 11 is 12.2. The van der Waals surface area contributed by atoms with Gasteiger partial charge in [0.1, 0.15) is 0 Å². The molecule has 0 aliphatic carbocycles. The second-order valence-corrected chi connectivity index (χ2v) is 4.28. The Morgan fingerprint density at radius 3 is 2.53 bits per heavy atom. The molecule has 0 aromatic heterocycles. The fraction of sp³-hybridized carbons (Fsp3) is 0.400. The van der Waals surface area contributed by atoms with Crippen molar-refractivity contribution >= 4 is 28.9 Å². The summed E-state index contributed by atoms with van der Waals surface area (Å²) in [5, 5.41) is 4.36. The van der Waals surface area contributed by atoms with Crippen LogP contribution in [-0.2, 0) is 4.74 Å². The zero-order chi connectivity index (χ0) is 10.8. The van der Waals surface area contributed by atoms with E-state index in [2.05, 4.69) is 5.32 Å². The summed E-state index contributed by atoms with van der Waals surface area (Å²) in [6.07, 6.45) is -0.0839. The topological polar surface area (TPSA) is 47.3 Å². The molecule has 1 aromatic rings. The lowest BCUT2D eigenvalue weighted by Crippen LogP contribution is -2.33. The second-order valence-electron chi connectivity index (χ2n) is 3.46. The first kappa shape index (κ1) is 11.0. The highest BCUT2D eigenvalue weighted by Gasteiger charge is 2.21. The van der Waals surface area contributed by atoms with Crippen molar-refractivity contribution in [1.82, 2.24) is 5.32 Å². The van der Waals surface area contributed by atoms with E-state index in [-0.39, 0.29) is 6.10 Å². The summed E-state index contributed by atoms with van der Waals surface area (Å²) in [5.74, 6) is 0. The molecule has 3 N–H and O–H groups in total. The molecular weight excluding hydrogens is 235 g/mol. The molecule has 15 heavy (non-hydrogen) atoms. The first-order chi connectivity index (χ1) is 7.18. The lowest BCUT2D eigenvalue weighted by Gasteiger charge is -2.25. The van der Waals surface area contributed by atoms with E-state index in [9.17, 15) is 0 Å². The van der Waals surface area contributed by atoms with Crippen LogP contribution in [0.1, 0.15) is 11.7 Å². The Balaban J connectivity index is 2.33. The number of nitrogens with one attached hydrogen (secondary N) is 1. The molecule has 0 saturated carbocycles. The second kappa shape index (κ2) is 4.58.